The second-order valence-electron chi connectivity index (χ2n) is 7.93. The number of nitrogens with one attached hydrogen (secondary N) is 1. The molecule has 1 saturated heterocycles. The Labute approximate surface area is 174 Å². The van der Waals surface area contributed by atoms with Gasteiger partial charge < -0.3 is 5.32 Å². The van der Waals surface area contributed by atoms with Crippen LogP contribution >= 0.6 is 0 Å². The molecule has 1 N–H and O–H groups in total. The van der Waals surface area contributed by atoms with Crippen LogP contribution in [0.5, 0.6) is 0 Å². The summed E-state index contributed by atoms with van der Waals surface area (Å²) in [5.74, 6) is -0.479. The van der Waals surface area contributed by atoms with Gasteiger partial charge >= 0.3 is 0 Å². The van der Waals surface area contributed by atoms with E-state index in [9.17, 15) is 14.0 Å². The molecule has 3 aromatic rings. The van der Waals surface area contributed by atoms with Crippen LogP contribution in [-0.2, 0) is 0 Å². The van der Waals surface area contributed by atoms with Gasteiger partial charge in [0, 0.05) is 35.6 Å². The monoisotopic (exact) mass is 403 g/mol. The van der Waals surface area contributed by atoms with Crippen molar-refractivity contribution in [2.75, 3.05) is 24.7 Å². The van der Waals surface area contributed by atoms with Gasteiger partial charge in [0.05, 0.1) is 12.4 Å². The molecular formula is C24H22FN3O2. The van der Waals surface area contributed by atoms with Crippen LogP contribution in [0.15, 0.2) is 60.7 Å². The Morgan fingerprint density at radius 1 is 1.00 bits per heavy atom. The average Bonchev–Trinajstić information content (AvgIpc) is 3.03. The fraction of sp³-hybridized carbons (Fsp3) is 0.250. The summed E-state index contributed by atoms with van der Waals surface area (Å²) >= 11 is 0. The molecule has 2 amide bonds. The van der Waals surface area contributed by atoms with Crippen molar-refractivity contribution in [3.8, 4) is 0 Å². The Morgan fingerprint density at radius 2 is 1.70 bits per heavy atom. The molecule has 0 aliphatic carbocycles. The van der Waals surface area contributed by atoms with Crippen molar-refractivity contribution >= 4 is 28.3 Å². The first-order chi connectivity index (χ1) is 14.6. The van der Waals surface area contributed by atoms with E-state index in [2.05, 4.69) is 10.2 Å². The molecule has 5 nitrogen and oxygen atoms in total. The highest BCUT2D eigenvalue weighted by Crippen LogP contribution is 2.37. The van der Waals surface area contributed by atoms with E-state index in [1.54, 1.807) is 0 Å². The molecule has 6 heteroatoms. The summed E-state index contributed by atoms with van der Waals surface area (Å²) in [5.41, 5.74) is 2.21. The van der Waals surface area contributed by atoms with E-state index in [1.807, 2.05) is 41.3 Å². The van der Waals surface area contributed by atoms with E-state index in [0.717, 1.165) is 48.0 Å². The highest BCUT2D eigenvalue weighted by molar-refractivity contribution is 6.24. The Hall–Kier alpha value is -3.25. The highest BCUT2D eigenvalue weighted by atomic mass is 19.1. The first-order valence-corrected chi connectivity index (χ1v) is 10.2. The van der Waals surface area contributed by atoms with Crippen LogP contribution in [0.1, 0.15) is 33.6 Å². The van der Waals surface area contributed by atoms with Gasteiger partial charge in [0.2, 0.25) is 0 Å². The first kappa shape index (κ1) is 18.8. The highest BCUT2D eigenvalue weighted by Gasteiger charge is 2.31. The van der Waals surface area contributed by atoms with Gasteiger partial charge in [0.25, 0.3) is 11.8 Å². The van der Waals surface area contributed by atoms with Crippen LogP contribution in [0.25, 0.3) is 10.8 Å². The topological polar surface area (TPSA) is 52.7 Å². The molecule has 2 heterocycles. The number of hydrogen-bond donors (Lipinski definition) is 1. The van der Waals surface area contributed by atoms with Crippen molar-refractivity contribution in [3.63, 3.8) is 0 Å². The quantitative estimate of drug-likeness (QED) is 0.721. The second-order valence-corrected chi connectivity index (χ2v) is 7.93. The molecule has 2 aliphatic rings. The largest absolute Gasteiger partial charge is 0.349 e. The number of benzene rings is 3. The maximum atomic E-state index is 13.0. The van der Waals surface area contributed by atoms with E-state index in [4.69, 9.17) is 0 Å². The van der Waals surface area contributed by atoms with Crippen molar-refractivity contribution in [3.05, 3.63) is 77.6 Å². The van der Waals surface area contributed by atoms with Crippen molar-refractivity contribution in [2.24, 2.45) is 0 Å². The molecule has 0 spiro atoms. The summed E-state index contributed by atoms with van der Waals surface area (Å²) in [7, 11) is 0. The number of likely N-dealkylation sites (tertiary alicyclic amines) is 1. The maximum absolute atomic E-state index is 13.0. The first-order valence-electron chi connectivity index (χ1n) is 10.2. The van der Waals surface area contributed by atoms with Crippen LogP contribution in [0, 0.1) is 5.82 Å². The smallest absolute Gasteiger partial charge is 0.260 e. The summed E-state index contributed by atoms with van der Waals surface area (Å²) in [6.07, 6.45) is 1.62. The number of nitrogens with zero attached hydrogens (tertiary/aromatic N) is 2. The molecule has 0 unspecified atom stereocenters. The summed E-state index contributed by atoms with van der Waals surface area (Å²) in [5, 5.41) is 5.16. The van der Waals surface area contributed by atoms with Crippen LogP contribution in [0.2, 0.25) is 0 Å². The zero-order valence-corrected chi connectivity index (χ0v) is 16.5. The number of halogens is 1. The molecule has 0 radical (unpaired) electrons. The fourth-order valence-corrected chi connectivity index (χ4v) is 4.41. The lowest BCUT2D eigenvalue weighted by atomic mass is 10.0. The number of hydrogen-bond acceptors (Lipinski definition) is 3. The zero-order valence-electron chi connectivity index (χ0n) is 16.5. The number of amides is 2. The van der Waals surface area contributed by atoms with Gasteiger partial charge in [-0.05, 0) is 54.6 Å². The average molecular weight is 403 g/mol. The lowest BCUT2D eigenvalue weighted by Crippen LogP contribution is -2.48. The standard InChI is InChI=1S/C24H22FN3O2/c25-18-9-7-17(8-10-18)23(29)26-19-11-13-27(14-12-19)15-28-21-6-2-4-16-3-1-5-20(22(16)21)24(28)30/h1-10,19H,11-15H2,(H,26,29). The maximum Gasteiger partial charge on any atom is 0.260 e. The lowest BCUT2D eigenvalue weighted by Gasteiger charge is -2.35. The summed E-state index contributed by atoms with van der Waals surface area (Å²) in [4.78, 5) is 29.4. The Balaban J connectivity index is 1.21. The van der Waals surface area contributed by atoms with E-state index in [1.165, 1.54) is 24.3 Å². The van der Waals surface area contributed by atoms with Crippen molar-refractivity contribution in [1.82, 2.24) is 10.2 Å². The number of carbonyl (C=O) groups is 2. The van der Waals surface area contributed by atoms with E-state index in [0.29, 0.717) is 12.2 Å². The molecule has 3 aromatic carbocycles. The lowest BCUT2D eigenvalue weighted by molar-refractivity contribution is 0.0906. The molecule has 0 atom stereocenters. The molecule has 0 bridgehead atoms. The number of rotatable bonds is 4. The minimum atomic E-state index is -0.353. The van der Waals surface area contributed by atoms with Gasteiger partial charge in [0.1, 0.15) is 5.82 Å². The third-order valence-corrected chi connectivity index (χ3v) is 6.02. The number of anilines is 1. The van der Waals surface area contributed by atoms with E-state index < -0.39 is 0 Å². The molecule has 30 heavy (non-hydrogen) atoms. The summed E-state index contributed by atoms with van der Waals surface area (Å²) in [6.45, 7) is 2.14. The van der Waals surface area contributed by atoms with Gasteiger partial charge in [0.15, 0.2) is 0 Å². The van der Waals surface area contributed by atoms with Crippen molar-refractivity contribution < 1.29 is 14.0 Å². The fourth-order valence-electron chi connectivity index (χ4n) is 4.41. The Morgan fingerprint density at radius 3 is 2.43 bits per heavy atom. The van der Waals surface area contributed by atoms with Gasteiger partial charge in [-0.25, -0.2) is 4.39 Å². The van der Waals surface area contributed by atoms with E-state index >= 15 is 0 Å². The van der Waals surface area contributed by atoms with Crippen molar-refractivity contribution in [1.29, 1.82) is 0 Å². The van der Waals surface area contributed by atoms with Gasteiger partial charge in [-0.3, -0.25) is 19.4 Å². The Bertz CT molecular complexity index is 1120. The third-order valence-electron chi connectivity index (χ3n) is 6.02. The molecule has 1 fully saturated rings. The van der Waals surface area contributed by atoms with Crippen LogP contribution in [-0.4, -0.2) is 42.5 Å². The number of carbonyl (C=O) groups excluding carboxylic acids is 2. The molecule has 0 saturated carbocycles. The van der Waals surface area contributed by atoms with Crippen LogP contribution in [0.4, 0.5) is 10.1 Å². The molecular weight excluding hydrogens is 381 g/mol. The summed E-state index contributed by atoms with van der Waals surface area (Å²) < 4.78 is 13.0. The normalized spacial score (nSPS) is 17.0. The van der Waals surface area contributed by atoms with E-state index in [-0.39, 0.29) is 23.7 Å². The third kappa shape index (κ3) is 3.33. The SMILES string of the molecule is O=C(NC1CCN(CN2C(=O)c3cccc4cccc2c34)CC1)c1ccc(F)cc1. The molecule has 0 aromatic heterocycles. The summed E-state index contributed by atoms with van der Waals surface area (Å²) in [6, 6.07) is 17.6. The zero-order chi connectivity index (χ0) is 20.7. The van der Waals surface area contributed by atoms with Gasteiger partial charge in [-0.2, -0.15) is 0 Å². The van der Waals surface area contributed by atoms with Crippen molar-refractivity contribution in [2.45, 2.75) is 18.9 Å². The minimum Gasteiger partial charge on any atom is -0.349 e. The Kier molecular flexibility index (Phi) is 4.71. The van der Waals surface area contributed by atoms with Gasteiger partial charge in [-0.1, -0.05) is 24.3 Å². The van der Waals surface area contributed by atoms with Crippen LogP contribution in [0.3, 0.4) is 0 Å². The van der Waals surface area contributed by atoms with Gasteiger partial charge in [-0.15, -0.1) is 0 Å². The molecule has 2 aliphatic heterocycles. The second kappa shape index (κ2) is 7.54. The molecule has 152 valence electrons. The number of piperidine rings is 1. The predicted octanol–water partition coefficient (Wildman–Crippen LogP) is 3.79. The molecule has 5 rings (SSSR count). The minimum absolute atomic E-state index is 0.0496. The van der Waals surface area contributed by atoms with Crippen LogP contribution < -0.4 is 10.2 Å². The predicted molar refractivity (Wildman–Crippen MR) is 114 cm³/mol.